The van der Waals surface area contributed by atoms with E-state index in [0.29, 0.717) is 36.7 Å². The fourth-order valence-corrected chi connectivity index (χ4v) is 2.84. The van der Waals surface area contributed by atoms with Crippen molar-refractivity contribution in [1.29, 1.82) is 0 Å². The van der Waals surface area contributed by atoms with Gasteiger partial charge in [0.2, 0.25) is 0 Å². The van der Waals surface area contributed by atoms with E-state index in [1.165, 1.54) is 12.1 Å². The molecule has 1 aromatic rings. The first-order valence-electron chi connectivity index (χ1n) is 6.67. The zero-order valence-electron chi connectivity index (χ0n) is 11.3. The molecule has 0 aliphatic carbocycles. The van der Waals surface area contributed by atoms with Crippen LogP contribution in [0.15, 0.2) is 12.1 Å². The molecule has 116 valence electrons. The monoisotopic (exact) mass is 335 g/mol. The van der Waals surface area contributed by atoms with E-state index in [1.54, 1.807) is 0 Å². The summed E-state index contributed by atoms with van der Waals surface area (Å²) in [6.45, 7) is 2.45. The zero-order valence-corrected chi connectivity index (χ0v) is 12.8. The predicted octanol–water partition coefficient (Wildman–Crippen LogP) is 3.37. The molecule has 0 amide bonds. The van der Waals surface area contributed by atoms with Gasteiger partial charge < -0.3 is 9.84 Å². The van der Waals surface area contributed by atoms with Crippen molar-refractivity contribution >= 4 is 29.2 Å². The van der Waals surface area contributed by atoms with Crippen LogP contribution in [-0.2, 0) is 9.53 Å². The van der Waals surface area contributed by atoms with E-state index in [9.17, 15) is 9.18 Å². The lowest BCUT2D eigenvalue weighted by atomic mass is 10.1. The molecule has 0 saturated carbocycles. The van der Waals surface area contributed by atoms with Gasteiger partial charge in [0.15, 0.2) is 0 Å². The molecule has 1 saturated heterocycles. The standard InChI is InChI=1S/C14H16Cl2FNO3/c15-10-7-11(16)12(17)6-9(10)13-8-18(4-5-21-13)3-1-2-14(19)20/h6-7,13H,1-5,8H2,(H,19,20)/t13-/m1/s1. The molecule has 4 nitrogen and oxygen atoms in total. The number of hydrogen-bond acceptors (Lipinski definition) is 3. The minimum atomic E-state index is -0.803. The summed E-state index contributed by atoms with van der Waals surface area (Å²) in [5.74, 6) is -1.33. The largest absolute Gasteiger partial charge is 0.481 e. The van der Waals surface area contributed by atoms with Crippen LogP contribution in [0.5, 0.6) is 0 Å². The molecule has 0 aromatic heterocycles. The van der Waals surface area contributed by atoms with Crippen molar-refractivity contribution in [2.24, 2.45) is 0 Å². The van der Waals surface area contributed by atoms with Crippen molar-refractivity contribution in [3.05, 3.63) is 33.6 Å². The van der Waals surface area contributed by atoms with E-state index < -0.39 is 11.8 Å². The topological polar surface area (TPSA) is 49.8 Å². The highest BCUT2D eigenvalue weighted by atomic mass is 35.5. The van der Waals surface area contributed by atoms with Crippen LogP contribution in [0.25, 0.3) is 0 Å². The number of ether oxygens (including phenoxy) is 1. The molecule has 1 fully saturated rings. The fourth-order valence-electron chi connectivity index (χ4n) is 2.33. The van der Waals surface area contributed by atoms with Crippen LogP contribution in [0, 0.1) is 5.82 Å². The maximum absolute atomic E-state index is 13.6. The van der Waals surface area contributed by atoms with E-state index in [-0.39, 0.29) is 17.5 Å². The first-order chi connectivity index (χ1) is 9.97. The number of halogens is 3. The van der Waals surface area contributed by atoms with Gasteiger partial charge in [-0.25, -0.2) is 4.39 Å². The van der Waals surface area contributed by atoms with E-state index in [0.717, 1.165) is 6.54 Å². The highest BCUT2D eigenvalue weighted by Gasteiger charge is 2.24. The summed E-state index contributed by atoms with van der Waals surface area (Å²) in [6, 6.07) is 2.68. The Morgan fingerprint density at radius 2 is 2.19 bits per heavy atom. The minimum absolute atomic E-state index is 0.0159. The molecule has 2 rings (SSSR count). The Bertz CT molecular complexity index is 527. The summed E-state index contributed by atoms with van der Waals surface area (Å²) in [7, 11) is 0. The second-order valence-corrected chi connectivity index (χ2v) is 5.76. The molecule has 1 aliphatic heterocycles. The Hall–Kier alpha value is -0.880. The van der Waals surface area contributed by atoms with Gasteiger partial charge in [0.25, 0.3) is 0 Å². The molecule has 7 heteroatoms. The average molecular weight is 336 g/mol. The third-order valence-electron chi connectivity index (χ3n) is 3.40. The maximum atomic E-state index is 13.6. The van der Waals surface area contributed by atoms with Crippen LogP contribution in [0.4, 0.5) is 4.39 Å². The fraction of sp³-hybridized carbons (Fsp3) is 0.500. The Labute approximate surface area is 132 Å². The quantitative estimate of drug-likeness (QED) is 0.838. The highest BCUT2D eigenvalue weighted by molar-refractivity contribution is 6.35. The van der Waals surface area contributed by atoms with Gasteiger partial charge in [-0.15, -0.1) is 0 Å². The zero-order chi connectivity index (χ0) is 15.4. The van der Waals surface area contributed by atoms with Crippen molar-refractivity contribution in [2.75, 3.05) is 26.2 Å². The lowest BCUT2D eigenvalue weighted by Crippen LogP contribution is -2.39. The second kappa shape index (κ2) is 7.40. The molecule has 0 unspecified atom stereocenters. The van der Waals surface area contributed by atoms with Crippen molar-refractivity contribution in [3.8, 4) is 0 Å². The van der Waals surface area contributed by atoms with Gasteiger partial charge in [0, 0.05) is 30.1 Å². The van der Waals surface area contributed by atoms with Crippen LogP contribution in [0.1, 0.15) is 24.5 Å². The van der Waals surface area contributed by atoms with Crippen LogP contribution in [0.3, 0.4) is 0 Å². The molecule has 1 N–H and O–H groups in total. The Morgan fingerprint density at radius 3 is 2.90 bits per heavy atom. The average Bonchev–Trinajstić information content (AvgIpc) is 2.43. The SMILES string of the molecule is O=C(O)CCCN1CCO[C@@H](c2cc(F)c(Cl)cc2Cl)C1. The molecule has 0 bridgehead atoms. The third kappa shape index (κ3) is 4.54. The summed E-state index contributed by atoms with van der Waals surface area (Å²) in [6.07, 6.45) is 0.381. The lowest BCUT2D eigenvalue weighted by molar-refractivity contribution is -0.137. The molecule has 1 aliphatic rings. The molecule has 21 heavy (non-hydrogen) atoms. The van der Waals surface area contributed by atoms with Gasteiger partial charge in [-0.1, -0.05) is 23.2 Å². The van der Waals surface area contributed by atoms with Crippen LogP contribution < -0.4 is 0 Å². The number of rotatable bonds is 5. The summed E-state index contributed by atoms with van der Waals surface area (Å²) in [4.78, 5) is 12.6. The molecule has 0 radical (unpaired) electrons. The van der Waals surface area contributed by atoms with Gasteiger partial charge in [-0.2, -0.15) is 0 Å². The van der Waals surface area contributed by atoms with Gasteiger partial charge >= 0.3 is 5.97 Å². The van der Waals surface area contributed by atoms with Crippen molar-refractivity contribution in [3.63, 3.8) is 0 Å². The predicted molar refractivity (Wildman–Crippen MR) is 78.4 cm³/mol. The van der Waals surface area contributed by atoms with Gasteiger partial charge in [-0.05, 0) is 25.1 Å². The summed E-state index contributed by atoms with van der Waals surface area (Å²) in [5, 5.41) is 9.01. The molecule has 1 heterocycles. The first kappa shape index (κ1) is 16.5. The Morgan fingerprint density at radius 1 is 1.43 bits per heavy atom. The lowest BCUT2D eigenvalue weighted by Gasteiger charge is -2.33. The summed E-state index contributed by atoms with van der Waals surface area (Å²) in [5.41, 5.74) is 0.571. The number of morpholine rings is 1. The van der Waals surface area contributed by atoms with Crippen LogP contribution in [-0.4, -0.2) is 42.2 Å². The van der Waals surface area contributed by atoms with Crippen LogP contribution in [0.2, 0.25) is 10.0 Å². The number of carbonyl (C=O) groups is 1. The van der Waals surface area contributed by atoms with E-state index in [1.807, 2.05) is 0 Å². The number of benzene rings is 1. The number of hydrogen-bond donors (Lipinski definition) is 1. The number of carboxylic acid groups (broad SMARTS) is 1. The Kier molecular flexibility index (Phi) is 5.81. The van der Waals surface area contributed by atoms with Crippen molar-refractivity contribution < 1.29 is 19.0 Å². The number of nitrogens with zero attached hydrogens (tertiary/aromatic N) is 1. The third-order valence-corrected chi connectivity index (χ3v) is 4.02. The van der Waals surface area contributed by atoms with E-state index in [4.69, 9.17) is 33.0 Å². The summed E-state index contributed by atoms with van der Waals surface area (Å²) < 4.78 is 19.2. The first-order valence-corrected chi connectivity index (χ1v) is 7.43. The molecular formula is C14H16Cl2FNO3. The molecular weight excluding hydrogens is 320 g/mol. The highest BCUT2D eigenvalue weighted by Crippen LogP contribution is 2.32. The van der Waals surface area contributed by atoms with E-state index >= 15 is 0 Å². The summed E-state index contributed by atoms with van der Waals surface area (Å²) >= 11 is 11.8. The Balaban J connectivity index is 2.00. The minimum Gasteiger partial charge on any atom is -0.481 e. The molecule has 1 atom stereocenters. The molecule has 1 aromatic carbocycles. The van der Waals surface area contributed by atoms with E-state index in [2.05, 4.69) is 4.90 Å². The van der Waals surface area contributed by atoms with Crippen molar-refractivity contribution in [2.45, 2.75) is 18.9 Å². The normalized spacial score (nSPS) is 19.7. The molecule has 0 spiro atoms. The number of aliphatic carboxylic acids is 1. The van der Waals surface area contributed by atoms with Gasteiger partial charge in [-0.3, -0.25) is 9.69 Å². The van der Waals surface area contributed by atoms with Gasteiger partial charge in [0.1, 0.15) is 5.82 Å². The number of carboxylic acids is 1. The maximum Gasteiger partial charge on any atom is 0.303 e. The van der Waals surface area contributed by atoms with Crippen LogP contribution >= 0.6 is 23.2 Å². The smallest absolute Gasteiger partial charge is 0.303 e. The second-order valence-electron chi connectivity index (χ2n) is 4.95. The van der Waals surface area contributed by atoms with Gasteiger partial charge in [0.05, 0.1) is 17.7 Å². The van der Waals surface area contributed by atoms with Crippen molar-refractivity contribution in [1.82, 2.24) is 4.90 Å².